The highest BCUT2D eigenvalue weighted by Crippen LogP contribution is 2.16. The molecule has 0 spiro atoms. The van der Waals surface area contributed by atoms with E-state index in [1.54, 1.807) is 0 Å². The van der Waals surface area contributed by atoms with Crippen molar-refractivity contribution in [3.05, 3.63) is 18.0 Å². The van der Waals surface area contributed by atoms with Crippen LogP contribution in [0.4, 0.5) is 13.2 Å². The molecule has 78 valence electrons. The van der Waals surface area contributed by atoms with Gasteiger partial charge in [0.05, 0.1) is 0 Å². The van der Waals surface area contributed by atoms with Gasteiger partial charge in [-0.2, -0.15) is 18.3 Å². The summed E-state index contributed by atoms with van der Waals surface area (Å²) in [6.07, 6.45) is -3.12. The van der Waals surface area contributed by atoms with Crippen LogP contribution in [-0.2, 0) is 6.54 Å². The van der Waals surface area contributed by atoms with Crippen molar-refractivity contribution >= 4 is 5.71 Å². The average Bonchev–Trinajstić information content (AvgIpc) is 2.48. The SMILES string of the molecule is C/C(=N/O)c1ccn(CC(F)(F)F)n1. The number of hydrogen-bond donors (Lipinski definition) is 1. The zero-order valence-electron chi connectivity index (χ0n) is 7.28. The molecule has 0 aromatic carbocycles. The zero-order chi connectivity index (χ0) is 10.8. The molecule has 0 unspecified atom stereocenters. The van der Waals surface area contributed by atoms with E-state index in [-0.39, 0.29) is 11.4 Å². The standard InChI is InChI=1S/C7H8F3N3O/c1-5(12-14)6-2-3-13(11-6)4-7(8,9)10/h2-3,14H,4H2,1H3/b12-5-. The lowest BCUT2D eigenvalue weighted by Gasteiger charge is -2.05. The van der Waals surface area contributed by atoms with E-state index < -0.39 is 12.7 Å². The maximum atomic E-state index is 11.9. The van der Waals surface area contributed by atoms with Crippen molar-refractivity contribution in [3.63, 3.8) is 0 Å². The van der Waals surface area contributed by atoms with Gasteiger partial charge in [0.25, 0.3) is 0 Å². The maximum absolute atomic E-state index is 11.9. The van der Waals surface area contributed by atoms with E-state index in [0.717, 1.165) is 4.68 Å². The topological polar surface area (TPSA) is 50.4 Å². The molecule has 1 N–H and O–H groups in total. The molecule has 1 rings (SSSR count). The molecular formula is C7H8F3N3O. The van der Waals surface area contributed by atoms with E-state index in [4.69, 9.17) is 5.21 Å². The van der Waals surface area contributed by atoms with Crippen LogP contribution in [-0.4, -0.2) is 26.9 Å². The van der Waals surface area contributed by atoms with Crippen molar-refractivity contribution in [1.82, 2.24) is 9.78 Å². The van der Waals surface area contributed by atoms with E-state index in [1.807, 2.05) is 0 Å². The van der Waals surface area contributed by atoms with Crippen LogP contribution in [0.15, 0.2) is 17.4 Å². The minimum atomic E-state index is -4.30. The van der Waals surface area contributed by atoms with Crippen molar-refractivity contribution < 1.29 is 18.4 Å². The molecule has 0 bridgehead atoms. The van der Waals surface area contributed by atoms with Crippen molar-refractivity contribution in [2.75, 3.05) is 0 Å². The van der Waals surface area contributed by atoms with Crippen LogP contribution in [0.3, 0.4) is 0 Å². The molecule has 4 nitrogen and oxygen atoms in total. The van der Waals surface area contributed by atoms with Gasteiger partial charge >= 0.3 is 6.18 Å². The molecule has 0 amide bonds. The van der Waals surface area contributed by atoms with Gasteiger partial charge in [0.15, 0.2) is 0 Å². The fourth-order valence-corrected chi connectivity index (χ4v) is 0.878. The third kappa shape index (κ3) is 2.75. The molecule has 1 aromatic heterocycles. The van der Waals surface area contributed by atoms with Crippen molar-refractivity contribution in [2.45, 2.75) is 19.6 Å². The van der Waals surface area contributed by atoms with Crippen molar-refractivity contribution in [1.29, 1.82) is 0 Å². The van der Waals surface area contributed by atoms with E-state index in [9.17, 15) is 13.2 Å². The van der Waals surface area contributed by atoms with E-state index >= 15 is 0 Å². The largest absolute Gasteiger partial charge is 0.411 e. The first-order valence-corrected chi connectivity index (χ1v) is 3.71. The minimum absolute atomic E-state index is 0.172. The summed E-state index contributed by atoms with van der Waals surface area (Å²) >= 11 is 0. The van der Waals surface area contributed by atoms with E-state index in [0.29, 0.717) is 0 Å². The van der Waals surface area contributed by atoms with Gasteiger partial charge in [-0.05, 0) is 13.0 Å². The smallest absolute Gasteiger partial charge is 0.408 e. The number of halogens is 3. The Balaban J connectivity index is 2.79. The highest BCUT2D eigenvalue weighted by atomic mass is 19.4. The zero-order valence-corrected chi connectivity index (χ0v) is 7.28. The summed E-state index contributed by atoms with van der Waals surface area (Å²) in [5.41, 5.74) is 0.391. The Kier molecular flexibility index (Phi) is 2.78. The molecule has 1 aromatic rings. The van der Waals surface area contributed by atoms with E-state index in [2.05, 4.69) is 10.3 Å². The molecule has 0 saturated heterocycles. The van der Waals surface area contributed by atoms with Gasteiger partial charge in [-0.25, -0.2) is 0 Å². The van der Waals surface area contributed by atoms with Gasteiger partial charge in [-0.1, -0.05) is 5.16 Å². The average molecular weight is 207 g/mol. The molecule has 0 aliphatic rings. The van der Waals surface area contributed by atoms with Crippen LogP contribution < -0.4 is 0 Å². The van der Waals surface area contributed by atoms with Crippen LogP contribution in [0.1, 0.15) is 12.6 Å². The van der Waals surface area contributed by atoms with Gasteiger partial charge < -0.3 is 5.21 Å². The van der Waals surface area contributed by atoms with Crippen LogP contribution >= 0.6 is 0 Å². The Hall–Kier alpha value is -1.53. The van der Waals surface area contributed by atoms with Gasteiger partial charge in [0.1, 0.15) is 18.0 Å². The first-order valence-electron chi connectivity index (χ1n) is 3.71. The summed E-state index contributed by atoms with van der Waals surface area (Å²) in [4.78, 5) is 0. The molecular weight excluding hydrogens is 199 g/mol. The van der Waals surface area contributed by atoms with Gasteiger partial charge in [0.2, 0.25) is 0 Å². The van der Waals surface area contributed by atoms with Crippen LogP contribution in [0.2, 0.25) is 0 Å². The maximum Gasteiger partial charge on any atom is 0.408 e. The van der Waals surface area contributed by atoms with Gasteiger partial charge in [-0.15, -0.1) is 0 Å². The third-order valence-electron chi connectivity index (χ3n) is 1.50. The Morgan fingerprint density at radius 3 is 2.79 bits per heavy atom. The summed E-state index contributed by atoms with van der Waals surface area (Å²) in [5, 5.41) is 14.7. The molecule has 0 saturated carbocycles. The van der Waals surface area contributed by atoms with Crippen LogP contribution in [0.25, 0.3) is 0 Å². The molecule has 0 fully saturated rings. The second-order valence-electron chi connectivity index (χ2n) is 2.70. The lowest BCUT2D eigenvalue weighted by Crippen LogP contribution is -2.18. The lowest BCUT2D eigenvalue weighted by molar-refractivity contribution is -0.142. The summed E-state index contributed by atoms with van der Waals surface area (Å²) in [6.45, 7) is 0.298. The predicted molar refractivity (Wildman–Crippen MR) is 42.3 cm³/mol. The molecule has 0 aliphatic heterocycles. The molecule has 0 atom stereocenters. The monoisotopic (exact) mass is 207 g/mol. The Bertz CT molecular complexity index is 342. The predicted octanol–water partition coefficient (Wildman–Crippen LogP) is 1.64. The Morgan fingerprint density at radius 2 is 2.29 bits per heavy atom. The van der Waals surface area contributed by atoms with Crippen LogP contribution in [0, 0.1) is 0 Å². The molecule has 7 heteroatoms. The quantitative estimate of drug-likeness (QED) is 0.455. The van der Waals surface area contributed by atoms with Gasteiger partial charge in [0, 0.05) is 6.20 Å². The number of rotatable bonds is 2. The number of alkyl halides is 3. The first kappa shape index (κ1) is 10.6. The van der Waals surface area contributed by atoms with Crippen LogP contribution in [0.5, 0.6) is 0 Å². The number of hydrogen-bond acceptors (Lipinski definition) is 3. The second kappa shape index (κ2) is 3.69. The highest BCUT2D eigenvalue weighted by molar-refractivity contribution is 5.96. The summed E-state index contributed by atoms with van der Waals surface area (Å²) in [7, 11) is 0. The van der Waals surface area contributed by atoms with Crippen molar-refractivity contribution in [3.8, 4) is 0 Å². The fraction of sp³-hybridized carbons (Fsp3) is 0.429. The van der Waals surface area contributed by atoms with Crippen molar-refractivity contribution in [2.24, 2.45) is 5.16 Å². The molecule has 0 aliphatic carbocycles. The molecule has 0 radical (unpaired) electrons. The molecule has 14 heavy (non-hydrogen) atoms. The fourth-order valence-electron chi connectivity index (χ4n) is 0.878. The number of oxime groups is 1. The summed E-state index contributed by atoms with van der Waals surface area (Å²) < 4.78 is 36.4. The summed E-state index contributed by atoms with van der Waals surface area (Å²) in [5.74, 6) is 0. The molecule has 1 heterocycles. The minimum Gasteiger partial charge on any atom is -0.411 e. The first-order chi connectivity index (χ1) is 6.42. The number of aromatic nitrogens is 2. The second-order valence-corrected chi connectivity index (χ2v) is 2.70. The Morgan fingerprint density at radius 1 is 1.64 bits per heavy atom. The van der Waals surface area contributed by atoms with E-state index in [1.165, 1.54) is 19.2 Å². The summed E-state index contributed by atoms with van der Waals surface area (Å²) in [6, 6.07) is 1.35. The Labute approximate surface area is 77.6 Å². The van der Waals surface area contributed by atoms with Gasteiger partial charge in [-0.3, -0.25) is 4.68 Å². The highest BCUT2D eigenvalue weighted by Gasteiger charge is 2.28. The normalized spacial score (nSPS) is 13.3. The third-order valence-corrected chi connectivity index (χ3v) is 1.50. The number of nitrogens with zero attached hydrogens (tertiary/aromatic N) is 3. The lowest BCUT2D eigenvalue weighted by atomic mass is 10.3.